The van der Waals surface area contributed by atoms with Gasteiger partial charge in [-0.25, -0.2) is 4.98 Å². The fourth-order valence-corrected chi connectivity index (χ4v) is 10.8. The number of anilines is 3. The molecule has 69 heavy (non-hydrogen) atoms. The maximum absolute atomic E-state index is 13.5. The fraction of sp³-hybridized carbons (Fsp3) is 0.549. The van der Waals surface area contributed by atoms with E-state index in [-0.39, 0.29) is 42.0 Å². The van der Waals surface area contributed by atoms with Crippen molar-refractivity contribution in [3.63, 3.8) is 0 Å². The molecule has 6 heterocycles. The van der Waals surface area contributed by atoms with Gasteiger partial charge in [0.05, 0.1) is 42.8 Å². The second-order valence-electron chi connectivity index (χ2n) is 19.1. The molecule has 1 aliphatic carbocycles. The molecule has 3 N–H and O–H groups in total. The molecule has 18 nitrogen and oxygen atoms in total. The molecule has 0 bridgehead atoms. The quantitative estimate of drug-likeness (QED) is 0.0641. The molecule has 9 rings (SSSR count). The van der Waals surface area contributed by atoms with Gasteiger partial charge in [0.2, 0.25) is 17.8 Å². The van der Waals surface area contributed by atoms with E-state index >= 15 is 0 Å². The number of rotatable bonds is 19. The van der Waals surface area contributed by atoms with E-state index in [9.17, 15) is 24.0 Å². The predicted octanol–water partition coefficient (Wildman–Crippen LogP) is 6.98. The number of hydrogen-bond donors (Lipinski definition) is 3. The molecule has 5 aliphatic rings. The first-order valence-corrected chi connectivity index (χ1v) is 25.1. The van der Waals surface area contributed by atoms with Gasteiger partial charge in [-0.05, 0) is 101 Å². The zero-order chi connectivity index (χ0) is 48.0. The summed E-state index contributed by atoms with van der Waals surface area (Å²) in [6, 6.07) is 9.52. The second kappa shape index (κ2) is 21.5. The van der Waals surface area contributed by atoms with Crippen molar-refractivity contribution in [3.05, 3.63) is 70.9 Å². The van der Waals surface area contributed by atoms with Crippen molar-refractivity contribution in [2.45, 2.75) is 135 Å². The summed E-state index contributed by atoms with van der Waals surface area (Å²) in [4.78, 5) is 79.7. The Bertz CT molecular complexity index is 2550. The Hall–Kier alpha value is -6.43. The van der Waals surface area contributed by atoms with E-state index < -0.39 is 29.7 Å². The van der Waals surface area contributed by atoms with Crippen LogP contribution in [0.4, 0.5) is 17.5 Å². The third-order valence-corrected chi connectivity index (χ3v) is 14.5. The third-order valence-electron chi connectivity index (χ3n) is 14.5. The highest BCUT2D eigenvalue weighted by atomic mass is 16.5. The SMILES string of the molecule is CC[C@@H]1c2nnc(C)n2-c2cnc(Nc3ccc(C(=O)NC4CCN(CCCCCCCCOc5cccc6c5C(=O)N(C5CCC(=O)NC5=O)C6=O)CC4)cc3OC)nc2N1CC1CCCCC1. The highest BCUT2D eigenvalue weighted by Crippen LogP contribution is 2.41. The number of methoxy groups -OCH3 is 1. The molecule has 0 spiro atoms. The number of aryl methyl sites for hydroxylation is 1. The number of nitrogens with zero attached hydrogens (tertiary/aromatic N) is 8. The Morgan fingerprint density at radius 1 is 0.884 bits per heavy atom. The van der Waals surface area contributed by atoms with Gasteiger partial charge in [0.25, 0.3) is 17.7 Å². The maximum Gasteiger partial charge on any atom is 0.266 e. The van der Waals surface area contributed by atoms with E-state index in [1.807, 2.05) is 25.3 Å². The molecule has 2 aromatic carbocycles. The highest BCUT2D eigenvalue weighted by Gasteiger charge is 2.46. The monoisotopic (exact) mass is 944 g/mol. The van der Waals surface area contributed by atoms with Crippen LogP contribution in [0.3, 0.4) is 0 Å². The van der Waals surface area contributed by atoms with Crippen LogP contribution in [-0.4, -0.2) is 116 Å². The molecular weight excluding hydrogens is 879 g/mol. The van der Waals surface area contributed by atoms with Crippen molar-refractivity contribution >= 4 is 47.0 Å². The van der Waals surface area contributed by atoms with Crippen LogP contribution in [0.25, 0.3) is 5.69 Å². The number of nitrogens with one attached hydrogen (secondary N) is 3. The van der Waals surface area contributed by atoms with Crippen molar-refractivity contribution in [1.82, 2.24) is 45.2 Å². The Morgan fingerprint density at radius 2 is 1.67 bits per heavy atom. The van der Waals surface area contributed by atoms with Crippen LogP contribution in [0.15, 0.2) is 42.6 Å². The van der Waals surface area contributed by atoms with Gasteiger partial charge in [-0.1, -0.05) is 57.9 Å². The standard InChI is InChI=1S/C51H65N11O7/c1-4-38-46-58-57-32(2)61(46)40-30-52-51(56-45(40)60(38)31-33-15-10-9-11-16-33)54-37-20-19-34(29-42(37)68-3)47(64)53-35-23-26-59(27-24-35)25-12-7-5-6-8-13-28-69-41-18-14-17-36-44(41)50(67)62(49(36)66)39-21-22-43(63)55-48(39)65/h14,17-20,29-30,33,35,38-39H,4-13,15-16,21-28,31H2,1-3H3,(H,53,64)(H,52,54,56)(H,55,63,65)/t38-,39?/m1/s1. The van der Waals surface area contributed by atoms with Crippen molar-refractivity contribution in [2.24, 2.45) is 5.92 Å². The molecular formula is C51H65N11O7. The number of carbonyl (C=O) groups excluding carboxylic acids is 5. The number of fused-ring (bicyclic) bond motifs is 4. The van der Waals surface area contributed by atoms with Crippen molar-refractivity contribution < 1.29 is 33.4 Å². The Kier molecular flexibility index (Phi) is 14.8. The van der Waals surface area contributed by atoms with Gasteiger partial charge in [-0.2, -0.15) is 4.98 Å². The van der Waals surface area contributed by atoms with Crippen LogP contribution < -0.4 is 30.3 Å². The molecule has 1 unspecified atom stereocenters. The molecule has 3 fully saturated rings. The minimum absolute atomic E-state index is 0.0619. The summed E-state index contributed by atoms with van der Waals surface area (Å²) in [5.74, 6) is 2.29. The Labute approximate surface area is 403 Å². The van der Waals surface area contributed by atoms with Gasteiger partial charge < -0.3 is 29.9 Å². The predicted molar refractivity (Wildman–Crippen MR) is 258 cm³/mol. The Balaban J connectivity index is 0.691. The fourth-order valence-electron chi connectivity index (χ4n) is 10.8. The van der Waals surface area contributed by atoms with Crippen molar-refractivity contribution in [1.29, 1.82) is 0 Å². The molecule has 4 aliphatic heterocycles. The zero-order valence-corrected chi connectivity index (χ0v) is 40.1. The van der Waals surface area contributed by atoms with Gasteiger partial charge in [-0.3, -0.25) is 38.8 Å². The van der Waals surface area contributed by atoms with Crippen LogP contribution in [0.2, 0.25) is 0 Å². The average molecular weight is 944 g/mol. The van der Waals surface area contributed by atoms with E-state index in [4.69, 9.17) is 19.4 Å². The first-order valence-electron chi connectivity index (χ1n) is 25.1. The zero-order valence-electron chi connectivity index (χ0n) is 40.1. The minimum atomic E-state index is -1.01. The lowest BCUT2D eigenvalue weighted by Crippen LogP contribution is -2.54. The summed E-state index contributed by atoms with van der Waals surface area (Å²) in [5.41, 5.74) is 2.49. The third kappa shape index (κ3) is 10.3. The summed E-state index contributed by atoms with van der Waals surface area (Å²) >= 11 is 0. The summed E-state index contributed by atoms with van der Waals surface area (Å²) in [5, 5.41) is 17.9. The van der Waals surface area contributed by atoms with E-state index in [2.05, 4.69) is 47.4 Å². The van der Waals surface area contributed by atoms with Gasteiger partial charge in [0.15, 0.2) is 11.6 Å². The minimum Gasteiger partial charge on any atom is -0.495 e. The Morgan fingerprint density at radius 3 is 2.43 bits per heavy atom. The van der Waals surface area contributed by atoms with Crippen LogP contribution >= 0.6 is 0 Å². The average Bonchev–Trinajstić information content (AvgIpc) is 3.87. The van der Waals surface area contributed by atoms with E-state index in [0.29, 0.717) is 41.2 Å². The summed E-state index contributed by atoms with van der Waals surface area (Å²) in [6.07, 6.45) is 17.2. The van der Waals surface area contributed by atoms with Gasteiger partial charge in [0, 0.05) is 37.7 Å². The van der Waals surface area contributed by atoms with Crippen LogP contribution in [0, 0.1) is 12.8 Å². The number of likely N-dealkylation sites (tertiary alicyclic amines) is 1. The van der Waals surface area contributed by atoms with Crippen LogP contribution in [0.5, 0.6) is 11.5 Å². The number of ether oxygens (including phenoxy) is 2. The molecule has 5 amide bonds. The summed E-state index contributed by atoms with van der Waals surface area (Å²) in [7, 11) is 1.60. The van der Waals surface area contributed by atoms with Gasteiger partial charge in [0.1, 0.15) is 29.1 Å². The molecule has 2 aromatic heterocycles. The number of piperidine rings is 2. The van der Waals surface area contributed by atoms with E-state index in [1.165, 1.54) is 32.1 Å². The summed E-state index contributed by atoms with van der Waals surface area (Å²) < 4.78 is 13.9. The van der Waals surface area contributed by atoms with Gasteiger partial charge in [-0.15, -0.1) is 10.2 Å². The molecule has 0 radical (unpaired) electrons. The van der Waals surface area contributed by atoms with E-state index in [1.54, 1.807) is 31.4 Å². The maximum atomic E-state index is 13.5. The first kappa shape index (κ1) is 47.6. The molecule has 1 saturated carbocycles. The largest absolute Gasteiger partial charge is 0.495 e. The van der Waals surface area contributed by atoms with Crippen molar-refractivity contribution in [2.75, 3.05) is 50.1 Å². The first-order chi connectivity index (χ1) is 33.6. The molecule has 4 aromatic rings. The number of amides is 5. The lowest BCUT2D eigenvalue weighted by molar-refractivity contribution is -0.136. The van der Waals surface area contributed by atoms with Crippen LogP contribution in [0.1, 0.15) is 158 Å². The number of aromatic nitrogens is 5. The highest BCUT2D eigenvalue weighted by molar-refractivity contribution is 6.24. The number of unbranched alkanes of at least 4 members (excludes halogenated alkanes) is 5. The smallest absolute Gasteiger partial charge is 0.266 e. The van der Waals surface area contributed by atoms with Crippen molar-refractivity contribution in [3.8, 4) is 17.2 Å². The number of benzene rings is 2. The lowest BCUT2D eigenvalue weighted by atomic mass is 9.88. The van der Waals surface area contributed by atoms with E-state index in [0.717, 1.165) is 112 Å². The molecule has 366 valence electrons. The van der Waals surface area contributed by atoms with Gasteiger partial charge >= 0.3 is 0 Å². The topological polar surface area (TPSA) is 206 Å². The molecule has 18 heteroatoms. The lowest BCUT2D eigenvalue weighted by Gasteiger charge is -2.39. The molecule has 2 atom stereocenters. The number of imide groups is 2. The number of carbonyl (C=O) groups is 5. The normalized spacial score (nSPS) is 19.8. The number of hydrogen-bond acceptors (Lipinski definition) is 14. The summed E-state index contributed by atoms with van der Waals surface area (Å²) in [6.45, 7) is 8.40. The second-order valence-corrected chi connectivity index (χ2v) is 19.1. The molecule has 2 saturated heterocycles. The van der Waals surface area contributed by atoms with Crippen LogP contribution in [-0.2, 0) is 9.59 Å².